The Bertz CT molecular complexity index is 776. The van der Waals surface area contributed by atoms with Crippen molar-refractivity contribution in [3.05, 3.63) is 45.4 Å². The third-order valence-electron chi connectivity index (χ3n) is 6.75. The molecule has 4 nitrogen and oxygen atoms in total. The number of nitrogens with one attached hydrogen (secondary N) is 1. The Morgan fingerprint density at radius 2 is 2.04 bits per heavy atom. The van der Waals surface area contributed by atoms with Crippen LogP contribution < -0.4 is 5.32 Å². The highest BCUT2D eigenvalue weighted by Gasteiger charge is 2.48. The predicted molar refractivity (Wildman–Crippen MR) is 114 cm³/mol. The van der Waals surface area contributed by atoms with Crippen molar-refractivity contribution in [1.82, 2.24) is 10.3 Å². The lowest BCUT2D eigenvalue weighted by molar-refractivity contribution is -0.104. The zero-order valence-electron chi connectivity index (χ0n) is 17.1. The van der Waals surface area contributed by atoms with Gasteiger partial charge in [-0.15, -0.1) is 11.3 Å². The Morgan fingerprint density at radius 3 is 2.71 bits per heavy atom. The number of nitrogens with zero attached hydrogens (tertiary/aromatic N) is 1. The third-order valence-corrected chi connectivity index (χ3v) is 7.90. The molecule has 3 heterocycles. The highest BCUT2D eigenvalue weighted by atomic mass is 32.1. The highest BCUT2D eigenvalue weighted by Crippen LogP contribution is 2.49. The molecular weight excluding hydrogens is 368 g/mol. The average molecular weight is 401 g/mol. The lowest BCUT2D eigenvalue weighted by Crippen LogP contribution is -2.47. The van der Waals surface area contributed by atoms with Crippen molar-refractivity contribution in [2.75, 3.05) is 13.2 Å². The van der Waals surface area contributed by atoms with Crippen LogP contribution in [0.1, 0.15) is 66.0 Å². The fraction of sp³-hybridized carbons (Fsp3) is 0.609. The molecule has 1 aliphatic carbocycles. The quantitative estimate of drug-likeness (QED) is 0.670. The molecule has 2 fully saturated rings. The van der Waals surface area contributed by atoms with E-state index in [1.807, 2.05) is 17.4 Å². The first-order valence-electron chi connectivity index (χ1n) is 10.6. The number of aromatic nitrogens is 1. The van der Waals surface area contributed by atoms with Crippen LogP contribution in [-0.2, 0) is 16.7 Å². The van der Waals surface area contributed by atoms with Crippen LogP contribution in [-0.4, -0.2) is 28.8 Å². The van der Waals surface area contributed by atoms with Crippen molar-refractivity contribution in [1.29, 1.82) is 0 Å². The molecule has 0 amide bonds. The minimum Gasteiger partial charge on any atom is -0.506 e. The smallest absolute Gasteiger partial charge is 0.133 e. The molecule has 1 saturated heterocycles. The molecule has 152 valence electrons. The summed E-state index contributed by atoms with van der Waals surface area (Å²) < 4.78 is 6.32. The van der Waals surface area contributed by atoms with Gasteiger partial charge in [-0.3, -0.25) is 4.98 Å². The fourth-order valence-corrected chi connectivity index (χ4v) is 6.12. The summed E-state index contributed by atoms with van der Waals surface area (Å²) in [6, 6.07) is 6.10. The molecule has 1 aliphatic heterocycles. The van der Waals surface area contributed by atoms with E-state index >= 15 is 0 Å². The largest absolute Gasteiger partial charge is 0.506 e. The van der Waals surface area contributed by atoms with E-state index in [4.69, 9.17) is 4.74 Å². The molecule has 1 unspecified atom stereocenters. The fourth-order valence-electron chi connectivity index (χ4n) is 5.10. The van der Waals surface area contributed by atoms with Crippen molar-refractivity contribution >= 4 is 11.3 Å². The third kappa shape index (κ3) is 4.12. The van der Waals surface area contributed by atoms with E-state index in [-0.39, 0.29) is 16.8 Å². The molecule has 28 heavy (non-hydrogen) atoms. The zero-order chi connectivity index (χ0) is 19.6. The SMILES string of the molecule is Cc1cc(CNCCC2(c3ccc(O)cn3)CCOC3(CCCC3)C2)sc1C. The van der Waals surface area contributed by atoms with Crippen molar-refractivity contribution in [3.63, 3.8) is 0 Å². The Hall–Kier alpha value is -1.43. The van der Waals surface area contributed by atoms with Gasteiger partial charge in [-0.2, -0.15) is 0 Å². The number of aryl methyl sites for hydroxylation is 2. The van der Waals surface area contributed by atoms with E-state index in [1.54, 1.807) is 12.3 Å². The van der Waals surface area contributed by atoms with Gasteiger partial charge < -0.3 is 15.2 Å². The van der Waals surface area contributed by atoms with Gasteiger partial charge in [0.1, 0.15) is 5.75 Å². The second kappa shape index (κ2) is 8.13. The summed E-state index contributed by atoms with van der Waals surface area (Å²) in [5, 5.41) is 13.4. The van der Waals surface area contributed by atoms with Gasteiger partial charge in [-0.25, -0.2) is 0 Å². The molecule has 2 aromatic heterocycles. The van der Waals surface area contributed by atoms with Gasteiger partial charge in [0, 0.05) is 34.0 Å². The summed E-state index contributed by atoms with van der Waals surface area (Å²) in [6.07, 6.45) is 9.60. The van der Waals surface area contributed by atoms with E-state index < -0.39 is 0 Å². The Balaban J connectivity index is 1.47. The highest BCUT2D eigenvalue weighted by molar-refractivity contribution is 7.12. The van der Waals surface area contributed by atoms with E-state index in [0.717, 1.165) is 44.7 Å². The van der Waals surface area contributed by atoms with Gasteiger partial charge in [0.2, 0.25) is 0 Å². The van der Waals surface area contributed by atoms with Crippen LogP contribution in [0.5, 0.6) is 5.75 Å². The minimum absolute atomic E-state index is 0.0323. The second-order valence-corrected chi connectivity index (χ2v) is 10.1. The minimum atomic E-state index is 0.0323. The van der Waals surface area contributed by atoms with Gasteiger partial charge in [0.25, 0.3) is 0 Å². The standard InChI is InChI=1S/C23H32N2O2S/c1-17-13-20(28-18(17)2)15-24-11-9-22(21-6-5-19(26)14-25-21)10-12-27-23(16-22)7-3-4-8-23/h5-6,13-14,24,26H,3-4,7-12,15-16H2,1-2H3. The van der Waals surface area contributed by atoms with Gasteiger partial charge >= 0.3 is 0 Å². The molecule has 1 atom stereocenters. The van der Waals surface area contributed by atoms with Crippen LogP contribution in [0.2, 0.25) is 0 Å². The van der Waals surface area contributed by atoms with E-state index in [9.17, 15) is 5.11 Å². The molecule has 2 N–H and O–H groups in total. The van der Waals surface area contributed by atoms with Crippen molar-refractivity contribution < 1.29 is 9.84 Å². The number of aromatic hydroxyl groups is 1. The first kappa shape index (κ1) is 19.9. The Labute approximate surface area is 172 Å². The van der Waals surface area contributed by atoms with Crippen molar-refractivity contribution in [2.24, 2.45) is 0 Å². The first-order chi connectivity index (χ1) is 13.5. The van der Waals surface area contributed by atoms with Crippen LogP contribution >= 0.6 is 11.3 Å². The molecule has 1 spiro atoms. The summed E-state index contributed by atoms with van der Waals surface area (Å²) in [4.78, 5) is 7.47. The maximum atomic E-state index is 9.71. The summed E-state index contributed by atoms with van der Waals surface area (Å²) in [5.74, 6) is 0.239. The number of pyridine rings is 1. The summed E-state index contributed by atoms with van der Waals surface area (Å²) >= 11 is 1.89. The van der Waals surface area contributed by atoms with Gasteiger partial charge in [-0.05, 0) is 76.3 Å². The van der Waals surface area contributed by atoms with Crippen LogP contribution in [0.15, 0.2) is 24.4 Å². The molecule has 0 bridgehead atoms. The number of hydrogen-bond acceptors (Lipinski definition) is 5. The molecular formula is C23H32N2O2S. The summed E-state index contributed by atoms with van der Waals surface area (Å²) in [5.41, 5.74) is 2.58. The van der Waals surface area contributed by atoms with Gasteiger partial charge in [0.15, 0.2) is 0 Å². The Morgan fingerprint density at radius 1 is 1.21 bits per heavy atom. The van der Waals surface area contributed by atoms with Crippen LogP contribution in [0.4, 0.5) is 0 Å². The number of ether oxygens (including phenoxy) is 1. The molecule has 0 radical (unpaired) electrons. The molecule has 4 rings (SSSR count). The van der Waals surface area contributed by atoms with E-state index in [0.29, 0.717) is 0 Å². The van der Waals surface area contributed by atoms with Crippen LogP contribution in [0.25, 0.3) is 0 Å². The Kier molecular flexibility index (Phi) is 5.77. The normalized spacial score (nSPS) is 24.1. The van der Waals surface area contributed by atoms with E-state index in [2.05, 4.69) is 30.2 Å². The second-order valence-electron chi connectivity index (χ2n) is 8.73. The number of hydrogen-bond donors (Lipinski definition) is 2. The number of rotatable bonds is 6. The van der Waals surface area contributed by atoms with Crippen molar-refractivity contribution in [2.45, 2.75) is 76.4 Å². The summed E-state index contributed by atoms with van der Waals surface area (Å²) in [6.45, 7) is 7.09. The molecule has 0 aromatic carbocycles. The zero-order valence-corrected chi connectivity index (χ0v) is 17.9. The summed E-state index contributed by atoms with van der Waals surface area (Å²) in [7, 11) is 0. The molecule has 2 aromatic rings. The predicted octanol–water partition coefficient (Wildman–Crippen LogP) is 5.01. The average Bonchev–Trinajstić information content (AvgIpc) is 3.26. The number of thiophene rings is 1. The monoisotopic (exact) mass is 400 g/mol. The van der Waals surface area contributed by atoms with Gasteiger partial charge in [0.05, 0.1) is 11.8 Å². The lowest BCUT2D eigenvalue weighted by atomic mass is 9.68. The van der Waals surface area contributed by atoms with Crippen LogP contribution in [0, 0.1) is 13.8 Å². The maximum absolute atomic E-state index is 9.71. The molecule has 5 heteroatoms. The van der Waals surface area contributed by atoms with Crippen LogP contribution in [0.3, 0.4) is 0 Å². The van der Waals surface area contributed by atoms with E-state index in [1.165, 1.54) is 41.0 Å². The lowest BCUT2D eigenvalue weighted by Gasteiger charge is -2.46. The topological polar surface area (TPSA) is 54.4 Å². The molecule has 1 saturated carbocycles. The van der Waals surface area contributed by atoms with Crippen molar-refractivity contribution in [3.8, 4) is 5.75 Å². The molecule has 2 aliphatic rings. The van der Waals surface area contributed by atoms with Gasteiger partial charge in [-0.1, -0.05) is 12.8 Å². The maximum Gasteiger partial charge on any atom is 0.133 e. The first-order valence-corrected chi connectivity index (χ1v) is 11.4.